The molecule has 3 heterocycles. The SMILES string of the molecule is COc1cc(OC)c(F)c(N2Cc3cnc(Nc4ccn(C)n4)nc3N(Cc3cccc(NC(=O)/C=C/CN(C)C)c3)C2=O)c1F. The minimum Gasteiger partial charge on any atom is -0.493 e. The molecule has 0 saturated carbocycles. The summed E-state index contributed by atoms with van der Waals surface area (Å²) in [5, 5.41) is 10.1. The number of anilines is 5. The van der Waals surface area contributed by atoms with E-state index in [0.717, 1.165) is 11.0 Å². The Morgan fingerprint density at radius 3 is 2.50 bits per heavy atom. The van der Waals surface area contributed by atoms with E-state index < -0.39 is 23.4 Å². The molecule has 0 atom stereocenters. The van der Waals surface area contributed by atoms with Crippen LogP contribution in [0.25, 0.3) is 0 Å². The Hall–Kier alpha value is -5.57. The number of fused-ring (bicyclic) bond motifs is 1. The highest BCUT2D eigenvalue weighted by Gasteiger charge is 2.38. The molecule has 0 fully saturated rings. The zero-order valence-corrected chi connectivity index (χ0v) is 25.9. The second kappa shape index (κ2) is 13.6. The molecule has 4 aromatic rings. The van der Waals surface area contributed by atoms with Crippen LogP contribution in [0.1, 0.15) is 11.1 Å². The van der Waals surface area contributed by atoms with Gasteiger partial charge in [-0.2, -0.15) is 10.1 Å². The summed E-state index contributed by atoms with van der Waals surface area (Å²) in [5.74, 6) is -2.19. The first-order valence-corrected chi connectivity index (χ1v) is 14.1. The van der Waals surface area contributed by atoms with Gasteiger partial charge in [0.1, 0.15) is 11.5 Å². The lowest BCUT2D eigenvalue weighted by Gasteiger charge is -2.36. The minimum absolute atomic E-state index is 0.0626. The summed E-state index contributed by atoms with van der Waals surface area (Å²) in [7, 11) is 8.00. The van der Waals surface area contributed by atoms with Crippen LogP contribution in [-0.4, -0.2) is 71.4 Å². The molecule has 5 rings (SSSR count). The molecule has 0 unspecified atom stereocenters. The van der Waals surface area contributed by atoms with Gasteiger partial charge in [-0.25, -0.2) is 18.6 Å². The molecule has 15 heteroatoms. The van der Waals surface area contributed by atoms with Crippen molar-refractivity contribution in [2.45, 2.75) is 13.1 Å². The molecule has 46 heavy (non-hydrogen) atoms. The van der Waals surface area contributed by atoms with Gasteiger partial charge in [0.2, 0.25) is 11.9 Å². The van der Waals surface area contributed by atoms with Crippen molar-refractivity contribution in [1.82, 2.24) is 24.6 Å². The third-order valence-corrected chi connectivity index (χ3v) is 6.94. The maximum absolute atomic E-state index is 15.6. The van der Waals surface area contributed by atoms with E-state index >= 15 is 8.78 Å². The highest BCUT2D eigenvalue weighted by molar-refractivity contribution is 6.06. The minimum atomic E-state index is -1.07. The first-order chi connectivity index (χ1) is 22.1. The highest BCUT2D eigenvalue weighted by atomic mass is 19.1. The Morgan fingerprint density at radius 1 is 1.11 bits per heavy atom. The summed E-state index contributed by atoms with van der Waals surface area (Å²) in [5.41, 5.74) is 0.881. The van der Waals surface area contributed by atoms with Crippen LogP contribution in [0, 0.1) is 11.6 Å². The molecule has 1 aliphatic rings. The van der Waals surface area contributed by atoms with Crippen molar-refractivity contribution in [3.05, 3.63) is 83.7 Å². The third kappa shape index (κ3) is 6.89. The third-order valence-electron chi connectivity index (χ3n) is 6.94. The van der Waals surface area contributed by atoms with E-state index in [-0.39, 0.29) is 42.3 Å². The first kappa shape index (κ1) is 31.8. The Kier molecular flexibility index (Phi) is 9.42. The van der Waals surface area contributed by atoms with Crippen LogP contribution in [0.3, 0.4) is 0 Å². The number of nitrogens with zero attached hydrogens (tertiary/aromatic N) is 7. The molecule has 0 spiro atoms. The second-order valence-electron chi connectivity index (χ2n) is 10.6. The van der Waals surface area contributed by atoms with Crippen molar-refractivity contribution in [2.24, 2.45) is 7.05 Å². The summed E-state index contributed by atoms with van der Waals surface area (Å²) < 4.78 is 43.0. The monoisotopic (exact) mass is 633 g/mol. The number of urea groups is 1. The molecule has 2 N–H and O–H groups in total. The van der Waals surface area contributed by atoms with Gasteiger partial charge in [-0.05, 0) is 31.8 Å². The summed E-state index contributed by atoms with van der Waals surface area (Å²) in [6.07, 6.45) is 6.39. The van der Waals surface area contributed by atoms with Gasteiger partial charge >= 0.3 is 6.03 Å². The van der Waals surface area contributed by atoms with Gasteiger partial charge < -0.3 is 25.0 Å². The maximum Gasteiger partial charge on any atom is 0.330 e. The summed E-state index contributed by atoms with van der Waals surface area (Å²) in [6, 6.07) is 8.93. The molecule has 0 radical (unpaired) electrons. The molecular weight excluding hydrogens is 600 g/mol. The van der Waals surface area contributed by atoms with Gasteiger partial charge in [-0.15, -0.1) is 0 Å². The predicted molar refractivity (Wildman–Crippen MR) is 169 cm³/mol. The van der Waals surface area contributed by atoms with Crippen molar-refractivity contribution < 1.29 is 27.8 Å². The van der Waals surface area contributed by atoms with E-state index in [1.165, 1.54) is 31.4 Å². The van der Waals surface area contributed by atoms with Gasteiger partial charge in [-0.1, -0.05) is 18.2 Å². The predicted octanol–water partition coefficient (Wildman–Crippen LogP) is 4.45. The van der Waals surface area contributed by atoms with Gasteiger partial charge in [-0.3, -0.25) is 19.3 Å². The number of aromatic nitrogens is 4. The van der Waals surface area contributed by atoms with E-state index in [1.54, 1.807) is 54.3 Å². The fourth-order valence-electron chi connectivity index (χ4n) is 4.79. The molecule has 1 aliphatic heterocycles. The second-order valence-corrected chi connectivity index (χ2v) is 10.6. The fraction of sp³-hybridized carbons (Fsp3) is 0.258. The average molecular weight is 634 g/mol. The number of benzene rings is 2. The Labute approximate surface area is 264 Å². The number of methoxy groups -OCH3 is 2. The van der Waals surface area contributed by atoms with Crippen LogP contribution in [-0.2, 0) is 24.9 Å². The van der Waals surface area contributed by atoms with E-state index in [1.807, 2.05) is 19.0 Å². The summed E-state index contributed by atoms with van der Waals surface area (Å²) >= 11 is 0. The molecular formula is C31H33F2N9O4. The topological polar surface area (TPSA) is 130 Å². The van der Waals surface area contributed by atoms with Crippen molar-refractivity contribution >= 4 is 40.9 Å². The number of amides is 3. The van der Waals surface area contributed by atoms with E-state index in [2.05, 4.69) is 25.7 Å². The van der Waals surface area contributed by atoms with Crippen LogP contribution < -0.4 is 29.9 Å². The zero-order valence-electron chi connectivity index (χ0n) is 25.9. The summed E-state index contributed by atoms with van der Waals surface area (Å²) in [4.78, 5) is 39.7. The van der Waals surface area contributed by atoms with Crippen molar-refractivity contribution in [1.29, 1.82) is 0 Å². The smallest absolute Gasteiger partial charge is 0.330 e. The maximum atomic E-state index is 15.6. The van der Waals surface area contributed by atoms with Crippen LogP contribution >= 0.6 is 0 Å². The van der Waals surface area contributed by atoms with Crippen LogP contribution in [0.15, 0.2) is 60.9 Å². The number of nitrogens with one attached hydrogen (secondary N) is 2. The van der Waals surface area contributed by atoms with Crippen molar-refractivity contribution in [3.8, 4) is 11.5 Å². The number of likely N-dealkylation sites (N-methyl/N-ethyl adjacent to an activating group) is 1. The van der Waals surface area contributed by atoms with E-state index in [4.69, 9.17) is 9.47 Å². The first-order valence-electron chi connectivity index (χ1n) is 14.1. The van der Waals surface area contributed by atoms with Crippen molar-refractivity contribution in [3.63, 3.8) is 0 Å². The largest absolute Gasteiger partial charge is 0.493 e. The average Bonchev–Trinajstić information content (AvgIpc) is 3.43. The molecule has 0 aliphatic carbocycles. The Bertz CT molecular complexity index is 1770. The number of carbonyl (C=O) groups is 2. The summed E-state index contributed by atoms with van der Waals surface area (Å²) in [6.45, 7) is 0.292. The molecule has 3 amide bonds. The van der Waals surface area contributed by atoms with E-state index in [9.17, 15) is 9.59 Å². The zero-order chi connectivity index (χ0) is 33.0. The fourth-order valence-corrected chi connectivity index (χ4v) is 4.79. The number of aryl methyl sites for hydroxylation is 1. The molecule has 0 bridgehead atoms. The molecule has 2 aromatic heterocycles. The highest BCUT2D eigenvalue weighted by Crippen LogP contribution is 2.41. The number of halogens is 2. The number of rotatable bonds is 11. The van der Waals surface area contributed by atoms with Gasteiger partial charge in [0.15, 0.2) is 29.0 Å². The van der Waals surface area contributed by atoms with Crippen LogP contribution in [0.2, 0.25) is 0 Å². The Morgan fingerprint density at radius 2 is 1.85 bits per heavy atom. The number of hydrogen-bond donors (Lipinski definition) is 2. The molecule has 240 valence electrons. The number of hydrogen-bond acceptors (Lipinski definition) is 9. The quantitative estimate of drug-likeness (QED) is 0.230. The number of carbonyl (C=O) groups excluding carboxylic acids is 2. The number of ether oxygens (including phenoxy) is 2. The van der Waals surface area contributed by atoms with Crippen LogP contribution in [0.4, 0.5) is 42.5 Å². The normalized spacial score (nSPS) is 12.9. The van der Waals surface area contributed by atoms with Gasteiger partial charge in [0.25, 0.3) is 0 Å². The lowest BCUT2D eigenvalue weighted by atomic mass is 10.1. The molecule has 13 nitrogen and oxygen atoms in total. The van der Waals surface area contributed by atoms with Gasteiger partial charge in [0, 0.05) is 55.4 Å². The van der Waals surface area contributed by atoms with Crippen LogP contribution in [0.5, 0.6) is 11.5 Å². The lowest BCUT2D eigenvalue weighted by molar-refractivity contribution is -0.111. The standard InChI is InChI=1S/C31H33F2N9O4/c1-39(2)12-7-10-25(43)35-21-9-6-8-19(14-21)17-42-29-20(16-34-30(37-29)36-24-11-13-40(3)38-24)18-41(31(42)44)28-26(32)22(45-4)15-23(46-5)27(28)33/h6-11,13-16H,12,17-18H2,1-5H3,(H,35,43)(H,34,36,37,38)/b10-7+. The molecule has 2 aromatic carbocycles. The molecule has 0 saturated heterocycles. The van der Waals surface area contributed by atoms with E-state index in [0.29, 0.717) is 29.2 Å². The van der Waals surface area contributed by atoms with Crippen molar-refractivity contribution in [2.75, 3.05) is 55.3 Å². The lowest BCUT2D eigenvalue weighted by Crippen LogP contribution is -2.48. The Balaban J connectivity index is 1.52. The van der Waals surface area contributed by atoms with Gasteiger partial charge in [0.05, 0.1) is 27.3 Å².